The van der Waals surface area contributed by atoms with E-state index in [0.29, 0.717) is 0 Å². The van der Waals surface area contributed by atoms with Crippen LogP contribution in [0.3, 0.4) is 0 Å². The van der Waals surface area contributed by atoms with Gasteiger partial charge in [0, 0.05) is 16.4 Å². The van der Waals surface area contributed by atoms with Crippen molar-refractivity contribution in [1.29, 1.82) is 0 Å². The molecule has 0 aliphatic carbocycles. The minimum Gasteiger partial charge on any atom is -0.275 e. The third-order valence-electron chi connectivity index (χ3n) is 1.60. The molecule has 0 aliphatic rings. The summed E-state index contributed by atoms with van der Waals surface area (Å²) in [5.74, 6) is 0. The molecular weight excluding hydrogens is 138 g/mol. The van der Waals surface area contributed by atoms with Crippen molar-refractivity contribution >= 4 is 12.4 Å². The highest BCUT2D eigenvalue weighted by molar-refractivity contribution is 5.40. The Bertz CT molecular complexity index is 268. The Labute approximate surface area is 66.7 Å². The van der Waals surface area contributed by atoms with Crippen LogP contribution in [-0.4, -0.2) is 18.6 Å². The SMILES string of the molecule is C=[N+](OC)c1ccccc1C. The van der Waals surface area contributed by atoms with Crippen LogP contribution < -0.4 is 0 Å². The van der Waals surface area contributed by atoms with Crippen molar-refractivity contribution in [2.45, 2.75) is 6.92 Å². The van der Waals surface area contributed by atoms with Gasteiger partial charge in [-0.05, 0) is 6.92 Å². The molecule has 0 radical (unpaired) electrons. The highest BCUT2D eigenvalue weighted by Gasteiger charge is 2.07. The molecule has 0 amide bonds. The Balaban J connectivity index is 3.03. The molecule has 1 aromatic carbocycles. The first-order valence-corrected chi connectivity index (χ1v) is 3.46. The van der Waals surface area contributed by atoms with Crippen LogP contribution in [0.5, 0.6) is 0 Å². The van der Waals surface area contributed by atoms with Gasteiger partial charge in [-0.2, -0.15) is 0 Å². The maximum atomic E-state index is 4.94. The van der Waals surface area contributed by atoms with E-state index < -0.39 is 0 Å². The molecule has 0 fully saturated rings. The molecule has 0 bridgehead atoms. The maximum Gasteiger partial charge on any atom is 0.259 e. The molecule has 1 rings (SSSR count). The summed E-state index contributed by atoms with van der Waals surface area (Å²) >= 11 is 0. The average molecular weight is 150 g/mol. The number of para-hydroxylation sites is 1. The molecule has 1 aromatic rings. The first kappa shape index (κ1) is 7.79. The molecular formula is C9H12NO+. The zero-order chi connectivity index (χ0) is 8.27. The molecule has 0 heterocycles. The van der Waals surface area contributed by atoms with E-state index in [1.54, 1.807) is 7.11 Å². The quantitative estimate of drug-likeness (QED) is 0.356. The smallest absolute Gasteiger partial charge is 0.259 e. The minimum atomic E-state index is 0.995. The lowest BCUT2D eigenvalue weighted by Crippen LogP contribution is -2.00. The average Bonchev–Trinajstić information content (AvgIpc) is 2.04. The summed E-state index contributed by atoms with van der Waals surface area (Å²) in [5, 5.41) is 0. The number of aryl methyl sites for hydroxylation is 1. The number of rotatable bonds is 2. The number of benzene rings is 1. The van der Waals surface area contributed by atoms with Crippen molar-refractivity contribution < 1.29 is 9.58 Å². The normalized spacial score (nSPS) is 9.27. The van der Waals surface area contributed by atoms with Crippen LogP contribution in [0.2, 0.25) is 0 Å². The molecule has 0 saturated heterocycles. The largest absolute Gasteiger partial charge is 0.275 e. The van der Waals surface area contributed by atoms with Crippen LogP contribution in [0.25, 0.3) is 0 Å². The molecule has 0 aliphatic heterocycles. The zero-order valence-electron chi connectivity index (χ0n) is 6.87. The van der Waals surface area contributed by atoms with Gasteiger partial charge in [-0.3, -0.25) is 4.84 Å². The van der Waals surface area contributed by atoms with Gasteiger partial charge in [0.25, 0.3) is 5.69 Å². The molecule has 0 N–H and O–H groups in total. The molecule has 2 nitrogen and oxygen atoms in total. The zero-order valence-corrected chi connectivity index (χ0v) is 6.87. The third-order valence-corrected chi connectivity index (χ3v) is 1.60. The second kappa shape index (κ2) is 3.19. The Hall–Kier alpha value is -1.31. The van der Waals surface area contributed by atoms with Gasteiger partial charge in [0.15, 0.2) is 6.72 Å². The molecule has 0 unspecified atom stereocenters. The van der Waals surface area contributed by atoms with Gasteiger partial charge in [0.1, 0.15) is 7.11 Å². The second-order valence-corrected chi connectivity index (χ2v) is 2.35. The van der Waals surface area contributed by atoms with Crippen LogP contribution in [-0.2, 0) is 4.84 Å². The summed E-state index contributed by atoms with van der Waals surface area (Å²) in [6, 6.07) is 7.93. The molecule has 0 aromatic heterocycles. The van der Waals surface area contributed by atoms with Gasteiger partial charge in [-0.25, -0.2) is 0 Å². The Morgan fingerprint density at radius 1 is 1.36 bits per heavy atom. The van der Waals surface area contributed by atoms with Gasteiger partial charge in [-0.15, -0.1) is 0 Å². The van der Waals surface area contributed by atoms with E-state index >= 15 is 0 Å². The lowest BCUT2D eigenvalue weighted by Gasteiger charge is -1.97. The van der Waals surface area contributed by atoms with Crippen LogP contribution >= 0.6 is 0 Å². The summed E-state index contributed by atoms with van der Waals surface area (Å²) in [4.78, 5) is 4.94. The molecule has 2 heteroatoms. The van der Waals surface area contributed by atoms with E-state index in [0.717, 1.165) is 11.3 Å². The highest BCUT2D eigenvalue weighted by Crippen LogP contribution is 2.15. The van der Waals surface area contributed by atoms with E-state index in [1.807, 2.05) is 31.2 Å². The van der Waals surface area contributed by atoms with E-state index in [1.165, 1.54) is 4.74 Å². The predicted molar refractivity (Wildman–Crippen MR) is 45.2 cm³/mol. The monoisotopic (exact) mass is 150 g/mol. The molecule has 11 heavy (non-hydrogen) atoms. The summed E-state index contributed by atoms with van der Waals surface area (Å²) in [6.07, 6.45) is 0. The first-order chi connectivity index (χ1) is 5.25. The third kappa shape index (κ3) is 1.58. The van der Waals surface area contributed by atoms with Crippen LogP contribution in [0.4, 0.5) is 5.69 Å². The summed E-state index contributed by atoms with van der Waals surface area (Å²) in [7, 11) is 1.60. The minimum absolute atomic E-state index is 0.995. The van der Waals surface area contributed by atoms with Crippen molar-refractivity contribution in [3.63, 3.8) is 0 Å². The Morgan fingerprint density at radius 2 is 2.00 bits per heavy atom. The molecule has 0 spiro atoms. The summed E-state index contributed by atoms with van der Waals surface area (Å²) in [6.45, 7) is 5.72. The van der Waals surface area contributed by atoms with Crippen molar-refractivity contribution in [2.24, 2.45) is 0 Å². The van der Waals surface area contributed by atoms with Gasteiger partial charge in [0.05, 0.1) is 0 Å². The number of hydrogen-bond donors (Lipinski definition) is 0. The van der Waals surface area contributed by atoms with Crippen molar-refractivity contribution in [3.05, 3.63) is 29.8 Å². The van der Waals surface area contributed by atoms with Crippen LogP contribution in [0, 0.1) is 6.92 Å². The van der Waals surface area contributed by atoms with E-state index in [4.69, 9.17) is 4.84 Å². The van der Waals surface area contributed by atoms with Crippen molar-refractivity contribution in [1.82, 2.24) is 0 Å². The molecule has 0 saturated carbocycles. The fourth-order valence-corrected chi connectivity index (χ4v) is 0.942. The maximum absolute atomic E-state index is 4.94. The molecule has 0 atom stereocenters. The van der Waals surface area contributed by atoms with Gasteiger partial charge in [0.2, 0.25) is 0 Å². The molecule has 58 valence electrons. The van der Waals surface area contributed by atoms with E-state index in [9.17, 15) is 0 Å². The van der Waals surface area contributed by atoms with Crippen LogP contribution in [0.15, 0.2) is 24.3 Å². The predicted octanol–water partition coefficient (Wildman–Crippen LogP) is 1.90. The Morgan fingerprint density at radius 3 is 2.55 bits per heavy atom. The highest BCUT2D eigenvalue weighted by atomic mass is 16.6. The van der Waals surface area contributed by atoms with E-state index in [-0.39, 0.29) is 0 Å². The summed E-state index contributed by atoms with van der Waals surface area (Å²) < 4.78 is 1.50. The van der Waals surface area contributed by atoms with Crippen molar-refractivity contribution in [2.75, 3.05) is 7.11 Å². The van der Waals surface area contributed by atoms with Crippen molar-refractivity contribution in [3.8, 4) is 0 Å². The Kier molecular flexibility index (Phi) is 2.26. The van der Waals surface area contributed by atoms with Gasteiger partial charge < -0.3 is 0 Å². The lowest BCUT2D eigenvalue weighted by atomic mass is 10.2. The fraction of sp³-hybridized carbons (Fsp3) is 0.222. The standard InChI is InChI=1S/C9H12NO/c1-8-6-4-5-7-9(8)10(2)11-3/h4-7H,2H2,1,3H3/q+1. The fourth-order valence-electron chi connectivity index (χ4n) is 0.942. The van der Waals surface area contributed by atoms with Gasteiger partial charge >= 0.3 is 0 Å². The van der Waals surface area contributed by atoms with Gasteiger partial charge in [-0.1, -0.05) is 18.2 Å². The number of nitrogens with zero attached hydrogens (tertiary/aromatic N) is 1. The first-order valence-electron chi connectivity index (χ1n) is 3.46. The summed E-state index contributed by atoms with van der Waals surface area (Å²) in [5.41, 5.74) is 2.15. The number of hydrogen-bond acceptors (Lipinski definition) is 1. The second-order valence-electron chi connectivity index (χ2n) is 2.35. The van der Waals surface area contributed by atoms with Crippen LogP contribution in [0.1, 0.15) is 5.56 Å². The lowest BCUT2D eigenvalue weighted by molar-refractivity contribution is -0.714. The van der Waals surface area contributed by atoms with E-state index in [2.05, 4.69) is 6.72 Å². The topological polar surface area (TPSA) is 12.2 Å².